The lowest BCUT2D eigenvalue weighted by atomic mass is 9.89. The molecule has 1 N–H and O–H groups in total. The summed E-state index contributed by atoms with van der Waals surface area (Å²) < 4.78 is 142. The number of thioether (sulfide) groups is 1. The van der Waals surface area contributed by atoms with Crippen molar-refractivity contribution in [3.63, 3.8) is 0 Å². The summed E-state index contributed by atoms with van der Waals surface area (Å²) in [5, 5.41) is 0.873. The van der Waals surface area contributed by atoms with Crippen LogP contribution >= 0.6 is 11.8 Å². The van der Waals surface area contributed by atoms with E-state index in [1.807, 2.05) is 55.4 Å². The number of ether oxygens (including phenoxy) is 5. The highest BCUT2D eigenvalue weighted by Gasteiger charge is 2.69. The van der Waals surface area contributed by atoms with Crippen LogP contribution in [0.5, 0.6) is 0 Å². The number of nitrogens with one attached hydrogen (secondary N) is 1. The van der Waals surface area contributed by atoms with E-state index in [0.717, 1.165) is 31.0 Å². The van der Waals surface area contributed by atoms with Crippen molar-refractivity contribution >= 4 is 93.1 Å². The molecule has 0 radical (unpaired) electrons. The molecule has 20 unspecified atom stereocenters. The molecule has 12 aliphatic rings. The molecule has 30 heteroatoms. The Labute approximate surface area is 521 Å². The molecule has 498 valence electrons. The Morgan fingerprint density at radius 1 is 0.420 bits per heavy atom. The smallest absolute Gasteiger partial charge is 0.344 e. The SMILES string of the molecule is CCC(C)(C)C(=O)NCC(=O)OC1C2CC3C1OS(=O)(=O)C3C2.CCC(C)(C)C(=O)OC1C2CC3C1OS(=O)(=O)C3C2.CCC(C)(C)C(=O)OCC(=O)OC1C2CC3C1OS(=O)(=O)C3C2.CCC(C)(C)C(=O)SCC(=O)OC1C2CC3C1OS(=O)(=O)C3C2. The van der Waals surface area contributed by atoms with E-state index in [1.54, 1.807) is 27.7 Å². The molecule has 12 fully saturated rings. The molecule has 0 aromatic carbocycles. The number of hydrogen-bond donors (Lipinski definition) is 1. The van der Waals surface area contributed by atoms with Crippen molar-refractivity contribution in [2.45, 2.75) is 230 Å². The average Bonchev–Trinajstić information content (AvgIpc) is 1.66. The molecule has 4 aliphatic heterocycles. The second kappa shape index (κ2) is 24.7. The Morgan fingerprint density at radius 2 is 0.739 bits per heavy atom. The molecule has 4 heterocycles. The molecule has 4 saturated heterocycles. The summed E-state index contributed by atoms with van der Waals surface area (Å²) in [6.45, 7) is 21.5. The van der Waals surface area contributed by atoms with Crippen LogP contribution in [-0.4, -0.2) is 163 Å². The third-order valence-corrected chi connectivity index (χ3v) is 29.8. The van der Waals surface area contributed by atoms with Gasteiger partial charge in [-0.3, -0.25) is 45.5 Å². The maximum Gasteiger partial charge on any atom is 0.344 e. The minimum atomic E-state index is -3.53. The summed E-state index contributed by atoms with van der Waals surface area (Å²) in [7, 11) is -14.0. The summed E-state index contributed by atoms with van der Waals surface area (Å²) in [6, 6.07) is 0. The number of carbonyl (C=O) groups excluding carboxylic acids is 7. The van der Waals surface area contributed by atoms with E-state index in [2.05, 4.69) is 5.32 Å². The quantitative estimate of drug-likeness (QED) is 0.109. The maximum atomic E-state index is 12.1. The van der Waals surface area contributed by atoms with Gasteiger partial charge in [0, 0.05) is 58.2 Å². The molecule has 8 aliphatic carbocycles. The Bertz CT molecular complexity index is 2970. The first-order valence-electron chi connectivity index (χ1n) is 30.8. The lowest BCUT2D eigenvalue weighted by Gasteiger charge is -2.29. The monoisotopic (exact) mass is 1340 g/mol. The highest BCUT2D eigenvalue weighted by Crippen LogP contribution is 2.59. The van der Waals surface area contributed by atoms with Crippen molar-refractivity contribution < 1.29 is 108 Å². The molecule has 8 saturated carbocycles. The van der Waals surface area contributed by atoms with Gasteiger partial charge in [0.2, 0.25) is 5.91 Å². The fourth-order valence-electron chi connectivity index (χ4n) is 14.6. The van der Waals surface area contributed by atoms with Crippen molar-refractivity contribution in [3.8, 4) is 0 Å². The van der Waals surface area contributed by atoms with Gasteiger partial charge in [-0.1, -0.05) is 67.2 Å². The van der Waals surface area contributed by atoms with Gasteiger partial charge in [-0.15, -0.1) is 0 Å². The van der Waals surface area contributed by atoms with E-state index >= 15 is 0 Å². The molecule has 1 amide bonds. The second-order valence-electron chi connectivity index (χ2n) is 28.5. The van der Waals surface area contributed by atoms with Gasteiger partial charge in [0.15, 0.2) is 11.7 Å². The number of carbonyl (C=O) groups is 7. The Morgan fingerprint density at radius 3 is 1.09 bits per heavy atom. The van der Waals surface area contributed by atoms with Crippen molar-refractivity contribution in [2.24, 2.45) is 69.0 Å². The number of esters is 5. The van der Waals surface area contributed by atoms with Crippen molar-refractivity contribution in [1.82, 2.24) is 5.32 Å². The van der Waals surface area contributed by atoms with Crippen LogP contribution in [0.2, 0.25) is 0 Å². The fraction of sp³-hybridized carbons (Fsp3) is 0.879. The van der Waals surface area contributed by atoms with Gasteiger partial charge in [0.25, 0.3) is 40.5 Å². The highest BCUT2D eigenvalue weighted by molar-refractivity contribution is 8.14. The molecule has 20 atom stereocenters. The molecule has 12 rings (SSSR count). The standard InChI is InChI=1S/C15H23NO6S.C15H22O7S.C15H22O6S2.C13H20O5S/c1-4-15(2,3)14(18)16-7-11(17)21-12-8-5-9-10(6-8)23(19,20)22-13(9)12;1-4-15(2,3)14(17)20-7-11(16)21-12-8-5-9-10(6-8)23(18,19)22-13(9)12;1-4-15(2,3)14(17)22-7-11(16)20-12-8-5-9-10(6-8)23(18,19)21-13(9)12;1-4-13(2,3)12(14)17-10-7-5-8-9(6-7)19(15,16)18-11(8)10/h8-10,12-13H,4-7H2,1-3H3,(H,16,18);2*8-10,12-13H,4-7H2,1-3H3;7-11H,4-6H2,1-3H3. The predicted octanol–water partition coefficient (Wildman–Crippen LogP) is 4.80. The normalized spacial score (nSPS) is 38.2. The van der Waals surface area contributed by atoms with Gasteiger partial charge < -0.3 is 29.0 Å². The molecular weight excluding hydrogens is 1250 g/mol. The van der Waals surface area contributed by atoms with Crippen LogP contribution in [0.4, 0.5) is 0 Å². The van der Waals surface area contributed by atoms with Crippen LogP contribution in [0.3, 0.4) is 0 Å². The zero-order valence-corrected chi connectivity index (χ0v) is 56.1. The van der Waals surface area contributed by atoms with Gasteiger partial charge >= 0.3 is 29.8 Å². The van der Waals surface area contributed by atoms with Crippen LogP contribution < -0.4 is 5.32 Å². The minimum Gasteiger partial charge on any atom is -0.459 e. The molecule has 0 spiro atoms. The van der Waals surface area contributed by atoms with Gasteiger partial charge in [0.1, 0.15) is 55.4 Å². The first-order chi connectivity index (χ1) is 40.7. The van der Waals surface area contributed by atoms with Crippen LogP contribution in [0, 0.1) is 69.0 Å². The number of fused-ring (bicyclic) bond motifs is 4. The van der Waals surface area contributed by atoms with Gasteiger partial charge in [-0.25, -0.2) is 4.79 Å². The van der Waals surface area contributed by atoms with Crippen molar-refractivity contribution in [1.29, 1.82) is 0 Å². The van der Waals surface area contributed by atoms with E-state index in [4.69, 9.17) is 40.4 Å². The van der Waals surface area contributed by atoms with Crippen LogP contribution in [-0.2, 0) is 114 Å². The zero-order valence-electron chi connectivity index (χ0n) is 52.0. The van der Waals surface area contributed by atoms with Crippen molar-refractivity contribution in [2.75, 3.05) is 18.9 Å². The van der Waals surface area contributed by atoms with E-state index in [9.17, 15) is 67.2 Å². The molecule has 0 aromatic rings. The minimum absolute atomic E-state index is 0.0130. The topological polar surface area (TPSA) is 351 Å². The zero-order chi connectivity index (χ0) is 65.0. The third kappa shape index (κ3) is 13.2. The predicted molar refractivity (Wildman–Crippen MR) is 312 cm³/mol. The molecular formula is C58H87NO24S5. The van der Waals surface area contributed by atoms with Crippen LogP contribution in [0.25, 0.3) is 0 Å². The van der Waals surface area contributed by atoms with E-state index < -0.39 is 151 Å². The molecule has 25 nitrogen and oxygen atoms in total. The highest BCUT2D eigenvalue weighted by atomic mass is 32.2. The lowest BCUT2D eigenvalue weighted by Crippen LogP contribution is -2.42. The largest absolute Gasteiger partial charge is 0.459 e. The first kappa shape index (κ1) is 68.8. The lowest BCUT2D eigenvalue weighted by molar-refractivity contribution is -0.171. The Hall–Kier alpha value is -3.52. The fourth-order valence-corrected chi connectivity index (χ4v) is 23.0. The Kier molecular flexibility index (Phi) is 19.4. The van der Waals surface area contributed by atoms with Crippen molar-refractivity contribution in [3.05, 3.63) is 0 Å². The van der Waals surface area contributed by atoms with E-state index in [1.165, 1.54) is 0 Å². The second-order valence-corrected chi connectivity index (χ2v) is 36.6. The first-order valence-corrected chi connectivity index (χ1v) is 37.7. The number of amides is 1. The summed E-state index contributed by atoms with van der Waals surface area (Å²) >= 11 is 0.966. The Balaban J connectivity index is 0.000000140. The third-order valence-electron chi connectivity index (χ3n) is 21.5. The van der Waals surface area contributed by atoms with Crippen LogP contribution in [0.15, 0.2) is 0 Å². The van der Waals surface area contributed by atoms with Gasteiger partial charge in [0.05, 0.1) is 37.6 Å². The average molecular weight is 1340 g/mol. The van der Waals surface area contributed by atoms with Crippen LogP contribution in [0.1, 0.15) is 160 Å². The number of hydrogen-bond acceptors (Lipinski definition) is 25. The molecule has 0 aromatic heterocycles. The number of rotatable bonds is 18. The summed E-state index contributed by atoms with van der Waals surface area (Å²) in [4.78, 5) is 83.9. The summed E-state index contributed by atoms with van der Waals surface area (Å²) in [5.41, 5.74) is -2.18. The maximum absolute atomic E-state index is 12.1. The summed E-state index contributed by atoms with van der Waals surface area (Å²) in [5.74, 6) is -2.53. The molecule has 8 bridgehead atoms. The summed E-state index contributed by atoms with van der Waals surface area (Å²) in [6.07, 6.45) is 3.66. The van der Waals surface area contributed by atoms with Gasteiger partial charge in [-0.2, -0.15) is 33.7 Å². The van der Waals surface area contributed by atoms with Gasteiger partial charge in [-0.05, 0) is 105 Å². The van der Waals surface area contributed by atoms with E-state index in [0.29, 0.717) is 57.8 Å². The van der Waals surface area contributed by atoms with E-state index in [-0.39, 0.29) is 88.0 Å². The molecule has 88 heavy (non-hydrogen) atoms.